The minimum atomic E-state index is -3.93. The number of Topliss-reactive ketones (excluding diaryl/α,β-unsaturated/α-hetero) is 1. The second-order valence-electron chi connectivity index (χ2n) is 6.04. The number of ketones is 1. The maximum absolute atomic E-state index is 13.1. The van der Waals surface area contributed by atoms with E-state index in [1.54, 1.807) is 36.6 Å². The average molecular weight is 415 g/mol. The molecule has 0 radical (unpaired) electrons. The van der Waals surface area contributed by atoms with Crippen LogP contribution < -0.4 is 4.72 Å². The van der Waals surface area contributed by atoms with Gasteiger partial charge in [-0.15, -0.1) is 0 Å². The van der Waals surface area contributed by atoms with Crippen LogP contribution >= 0.6 is 11.8 Å². The third kappa shape index (κ3) is 3.68. The number of carbonyl (C=O) groups is 1. The fourth-order valence-electron chi connectivity index (χ4n) is 2.89. The number of benzene rings is 2. The minimum absolute atomic E-state index is 0.0596. The van der Waals surface area contributed by atoms with Crippen molar-refractivity contribution < 1.29 is 17.6 Å². The number of hydrogen-bond acceptors (Lipinski definition) is 6. The summed E-state index contributed by atoms with van der Waals surface area (Å²) in [6.07, 6.45) is 3.20. The van der Waals surface area contributed by atoms with Crippen LogP contribution in [0.5, 0.6) is 0 Å². The Kier molecular flexibility index (Phi) is 4.96. The van der Waals surface area contributed by atoms with Crippen LogP contribution in [-0.2, 0) is 10.0 Å². The molecule has 0 saturated carbocycles. The summed E-state index contributed by atoms with van der Waals surface area (Å²) < 4.78 is 41.2. The Labute approximate surface area is 165 Å². The lowest BCUT2D eigenvalue weighted by molar-refractivity contribution is 0.103. The molecule has 0 aromatic heterocycles. The van der Waals surface area contributed by atoms with Gasteiger partial charge in [0.25, 0.3) is 0 Å². The number of allylic oxidation sites excluding steroid dienone is 1. The highest BCUT2D eigenvalue weighted by Gasteiger charge is 2.31. The molecule has 0 spiro atoms. The van der Waals surface area contributed by atoms with Crippen molar-refractivity contribution in [3.05, 3.63) is 76.5 Å². The number of hydrogen-bond donors (Lipinski definition) is 1. The third-order valence-electron chi connectivity index (χ3n) is 4.20. The van der Waals surface area contributed by atoms with Gasteiger partial charge >= 0.3 is 0 Å². The van der Waals surface area contributed by atoms with Crippen LogP contribution in [0.1, 0.15) is 22.0 Å². The first kappa shape index (κ1) is 18.7. The maximum atomic E-state index is 13.1. The van der Waals surface area contributed by atoms with Crippen LogP contribution in [0.3, 0.4) is 0 Å². The Morgan fingerprint density at radius 1 is 1.11 bits per heavy atom. The van der Waals surface area contributed by atoms with Crippen LogP contribution in [0.25, 0.3) is 0 Å². The molecule has 2 aromatic carbocycles. The van der Waals surface area contributed by atoms with Gasteiger partial charge in [-0.25, -0.2) is 17.8 Å². The number of carbonyl (C=O) groups excluding carboxylic acids is 1. The highest BCUT2D eigenvalue weighted by atomic mass is 32.2. The van der Waals surface area contributed by atoms with Gasteiger partial charge in [0.15, 0.2) is 11.0 Å². The van der Waals surface area contributed by atoms with Gasteiger partial charge in [0, 0.05) is 11.8 Å². The van der Waals surface area contributed by atoms with Crippen molar-refractivity contribution in [2.45, 2.75) is 10.9 Å². The van der Waals surface area contributed by atoms with E-state index in [2.05, 4.69) is 14.7 Å². The van der Waals surface area contributed by atoms with Crippen molar-refractivity contribution in [1.29, 1.82) is 0 Å². The summed E-state index contributed by atoms with van der Waals surface area (Å²) >= 11 is 1.11. The normalized spacial score (nSPS) is 18.6. The Balaban J connectivity index is 1.70. The van der Waals surface area contributed by atoms with E-state index in [0.717, 1.165) is 23.9 Å². The van der Waals surface area contributed by atoms with Gasteiger partial charge in [0.1, 0.15) is 5.82 Å². The zero-order valence-electron chi connectivity index (χ0n) is 14.4. The molecule has 1 aliphatic heterocycles. The van der Waals surface area contributed by atoms with E-state index in [9.17, 15) is 17.6 Å². The summed E-state index contributed by atoms with van der Waals surface area (Å²) in [5.41, 5.74) is 0.973. The van der Waals surface area contributed by atoms with Crippen molar-refractivity contribution in [2.75, 3.05) is 6.54 Å². The molecule has 1 N–H and O–H groups in total. The molecule has 6 nitrogen and oxygen atoms in total. The predicted octanol–water partition coefficient (Wildman–Crippen LogP) is 3.10. The predicted molar refractivity (Wildman–Crippen MR) is 107 cm³/mol. The van der Waals surface area contributed by atoms with E-state index in [4.69, 9.17) is 0 Å². The summed E-state index contributed by atoms with van der Waals surface area (Å²) in [6, 6.07) is 10.6. The number of aliphatic imine (C=N–C) groups is 2. The lowest BCUT2D eigenvalue weighted by atomic mass is 9.92. The maximum Gasteiger partial charge on any atom is 0.241 e. The lowest BCUT2D eigenvalue weighted by Crippen LogP contribution is -2.31. The molecule has 1 unspecified atom stereocenters. The zero-order valence-corrected chi connectivity index (χ0v) is 16.0. The molecule has 28 heavy (non-hydrogen) atoms. The monoisotopic (exact) mass is 415 g/mol. The summed E-state index contributed by atoms with van der Waals surface area (Å²) in [5, 5.41) is 0.458. The first-order valence-electron chi connectivity index (χ1n) is 8.32. The number of rotatable bonds is 4. The molecule has 2 aliphatic rings. The van der Waals surface area contributed by atoms with E-state index < -0.39 is 21.9 Å². The molecular weight excluding hydrogens is 401 g/mol. The lowest BCUT2D eigenvalue weighted by Gasteiger charge is -2.24. The van der Waals surface area contributed by atoms with Crippen molar-refractivity contribution in [3.8, 4) is 0 Å². The summed E-state index contributed by atoms with van der Waals surface area (Å²) in [6.45, 7) is 0.459. The molecule has 1 atom stereocenters. The summed E-state index contributed by atoms with van der Waals surface area (Å²) in [7, 11) is -3.93. The van der Waals surface area contributed by atoms with Crippen LogP contribution in [0, 0.1) is 5.82 Å². The molecule has 1 heterocycles. The highest BCUT2D eigenvalue weighted by Crippen LogP contribution is 2.35. The van der Waals surface area contributed by atoms with Crippen molar-refractivity contribution in [1.82, 2.24) is 4.72 Å². The first-order valence-corrected chi connectivity index (χ1v) is 10.6. The average Bonchev–Trinajstić information content (AvgIpc) is 3.19. The molecule has 1 aliphatic carbocycles. The van der Waals surface area contributed by atoms with Crippen LogP contribution in [0.4, 0.5) is 4.39 Å². The highest BCUT2D eigenvalue weighted by molar-refractivity contribution is 8.18. The smallest absolute Gasteiger partial charge is 0.241 e. The molecule has 0 fully saturated rings. The topological polar surface area (TPSA) is 88.0 Å². The Bertz CT molecular complexity index is 1140. The van der Waals surface area contributed by atoms with E-state index >= 15 is 0 Å². The quantitative estimate of drug-likeness (QED) is 0.831. The fourth-order valence-corrected chi connectivity index (χ4v) is 4.92. The summed E-state index contributed by atoms with van der Waals surface area (Å²) in [4.78, 5) is 21.4. The molecule has 0 bridgehead atoms. The fraction of sp³-hybridized carbons (Fsp3) is 0.105. The number of amidine groups is 1. The van der Waals surface area contributed by atoms with Crippen molar-refractivity contribution >= 4 is 39.0 Å². The van der Waals surface area contributed by atoms with Crippen molar-refractivity contribution in [3.63, 3.8) is 0 Å². The first-order chi connectivity index (χ1) is 13.4. The van der Waals surface area contributed by atoms with Gasteiger partial charge in [0.2, 0.25) is 10.0 Å². The van der Waals surface area contributed by atoms with E-state index in [0.29, 0.717) is 27.7 Å². The second-order valence-corrected chi connectivity index (χ2v) is 8.76. The minimum Gasteiger partial charge on any atom is -0.288 e. The SMILES string of the molecule is O=C1C(SC2=NCC=N2)=CC(NS(=O)(=O)c2ccc(F)cc2)c2ccccc21. The molecular formula is C19H14FN3O3S2. The summed E-state index contributed by atoms with van der Waals surface area (Å²) in [5.74, 6) is -0.730. The van der Waals surface area contributed by atoms with E-state index in [1.807, 2.05) is 0 Å². The Morgan fingerprint density at radius 2 is 1.86 bits per heavy atom. The number of thioether (sulfide) groups is 1. The van der Waals surface area contributed by atoms with Gasteiger partial charge in [-0.3, -0.25) is 9.79 Å². The van der Waals surface area contributed by atoms with Gasteiger partial charge in [-0.1, -0.05) is 24.3 Å². The van der Waals surface area contributed by atoms with Gasteiger partial charge in [-0.2, -0.15) is 4.72 Å². The molecule has 142 valence electrons. The molecule has 4 rings (SSSR count). The van der Waals surface area contributed by atoms with Gasteiger partial charge in [-0.05, 0) is 47.7 Å². The number of halogens is 1. The van der Waals surface area contributed by atoms with Crippen LogP contribution in [0.15, 0.2) is 74.4 Å². The second kappa shape index (κ2) is 7.42. The van der Waals surface area contributed by atoms with E-state index in [1.165, 1.54) is 12.1 Å². The molecule has 0 amide bonds. The largest absolute Gasteiger partial charge is 0.288 e. The van der Waals surface area contributed by atoms with Crippen LogP contribution in [-0.4, -0.2) is 32.1 Å². The molecule has 9 heteroatoms. The third-order valence-corrected chi connectivity index (χ3v) is 6.62. The van der Waals surface area contributed by atoms with Gasteiger partial charge < -0.3 is 0 Å². The Morgan fingerprint density at radius 3 is 2.57 bits per heavy atom. The van der Waals surface area contributed by atoms with Gasteiger partial charge in [0.05, 0.1) is 22.4 Å². The number of sulfonamides is 1. The number of fused-ring (bicyclic) bond motifs is 1. The number of nitrogens with zero attached hydrogens (tertiary/aromatic N) is 2. The van der Waals surface area contributed by atoms with Crippen LogP contribution in [0.2, 0.25) is 0 Å². The number of nitrogens with one attached hydrogen (secondary N) is 1. The molecule has 0 saturated heterocycles. The molecule has 2 aromatic rings. The van der Waals surface area contributed by atoms with E-state index in [-0.39, 0.29) is 10.7 Å². The standard InChI is InChI=1S/C19H14FN3O3S2/c20-12-5-7-13(8-6-12)28(25,26)23-16-11-17(27-19-21-9-10-22-19)18(24)15-4-2-1-3-14(15)16/h1-9,11,16,23H,10H2. The Hall–Kier alpha value is -2.62. The van der Waals surface area contributed by atoms with Crippen molar-refractivity contribution in [2.24, 2.45) is 9.98 Å². The zero-order chi connectivity index (χ0) is 19.7.